The maximum absolute atomic E-state index is 5.65. The summed E-state index contributed by atoms with van der Waals surface area (Å²) in [4.78, 5) is 4.95. The second-order valence-electron chi connectivity index (χ2n) is 6.91. The molecule has 1 N–H and O–H groups in total. The van der Waals surface area contributed by atoms with Gasteiger partial charge in [0.1, 0.15) is 5.76 Å². The van der Waals surface area contributed by atoms with Gasteiger partial charge >= 0.3 is 0 Å². The van der Waals surface area contributed by atoms with Crippen LogP contribution in [-0.4, -0.2) is 48.6 Å². The molecule has 4 nitrogen and oxygen atoms in total. The second-order valence-corrected chi connectivity index (χ2v) is 6.91. The average Bonchev–Trinajstić information content (AvgIpc) is 2.69. The van der Waals surface area contributed by atoms with Crippen molar-refractivity contribution in [1.29, 1.82) is 0 Å². The smallest absolute Gasteiger partial charge is 0.122 e. The third-order valence-electron chi connectivity index (χ3n) is 3.82. The van der Waals surface area contributed by atoms with Crippen LogP contribution in [0.5, 0.6) is 0 Å². The van der Waals surface area contributed by atoms with E-state index in [1.165, 1.54) is 25.1 Å². The molecule has 1 aromatic heterocycles. The van der Waals surface area contributed by atoms with Gasteiger partial charge in [0.15, 0.2) is 0 Å². The summed E-state index contributed by atoms with van der Waals surface area (Å²) in [6, 6.07) is 2.12. The van der Waals surface area contributed by atoms with Gasteiger partial charge in [-0.2, -0.15) is 0 Å². The highest BCUT2D eigenvalue weighted by atomic mass is 16.3. The number of likely N-dealkylation sites (N-methyl/N-ethyl adjacent to an activating group) is 1. The lowest BCUT2D eigenvalue weighted by Crippen LogP contribution is -2.35. The minimum absolute atomic E-state index is 0.120. The van der Waals surface area contributed by atoms with Crippen LogP contribution in [0.25, 0.3) is 0 Å². The molecule has 4 heteroatoms. The Labute approximate surface area is 123 Å². The van der Waals surface area contributed by atoms with E-state index in [0.717, 1.165) is 31.9 Å². The SMILES string of the molecule is CN1CCCN(Cc2ccoc2CNC(C)(C)C)CC1. The Bertz CT molecular complexity index is 408. The molecular formula is C16H29N3O. The lowest BCUT2D eigenvalue weighted by atomic mass is 10.1. The molecule has 2 rings (SSSR count). The van der Waals surface area contributed by atoms with E-state index >= 15 is 0 Å². The number of nitrogens with zero attached hydrogens (tertiary/aromatic N) is 2. The molecule has 114 valence electrons. The largest absolute Gasteiger partial charge is 0.468 e. The van der Waals surface area contributed by atoms with Gasteiger partial charge in [-0.05, 0) is 53.4 Å². The molecule has 0 amide bonds. The monoisotopic (exact) mass is 279 g/mol. The average molecular weight is 279 g/mol. The van der Waals surface area contributed by atoms with Gasteiger partial charge in [0.05, 0.1) is 12.8 Å². The standard InChI is InChI=1S/C16H29N3O/c1-16(2,3)17-12-15-14(6-11-20-15)13-19-8-5-7-18(4)9-10-19/h6,11,17H,5,7-10,12-13H2,1-4H3. The molecule has 20 heavy (non-hydrogen) atoms. The molecule has 1 aromatic rings. The van der Waals surface area contributed by atoms with E-state index in [-0.39, 0.29) is 5.54 Å². The number of hydrogen-bond donors (Lipinski definition) is 1. The Morgan fingerprint density at radius 2 is 2.00 bits per heavy atom. The molecule has 0 aromatic carbocycles. The summed E-state index contributed by atoms with van der Waals surface area (Å²) in [6.07, 6.45) is 3.07. The number of rotatable bonds is 4. The highest BCUT2D eigenvalue weighted by Crippen LogP contribution is 2.15. The molecule has 0 bridgehead atoms. The number of furan rings is 1. The molecule has 1 saturated heterocycles. The minimum atomic E-state index is 0.120. The van der Waals surface area contributed by atoms with Crippen LogP contribution in [0.15, 0.2) is 16.7 Å². The van der Waals surface area contributed by atoms with Gasteiger partial charge in [0.2, 0.25) is 0 Å². The summed E-state index contributed by atoms with van der Waals surface area (Å²) in [7, 11) is 2.21. The maximum atomic E-state index is 5.65. The molecule has 0 radical (unpaired) electrons. The molecule has 0 atom stereocenters. The molecule has 0 aliphatic carbocycles. The quantitative estimate of drug-likeness (QED) is 0.916. The Hall–Kier alpha value is -0.840. The fourth-order valence-electron chi connectivity index (χ4n) is 2.51. The van der Waals surface area contributed by atoms with Crippen molar-refractivity contribution < 1.29 is 4.42 Å². The number of nitrogens with one attached hydrogen (secondary N) is 1. The molecule has 0 spiro atoms. The van der Waals surface area contributed by atoms with Crippen molar-refractivity contribution in [1.82, 2.24) is 15.1 Å². The molecule has 0 unspecified atom stereocenters. The van der Waals surface area contributed by atoms with E-state index in [9.17, 15) is 0 Å². The van der Waals surface area contributed by atoms with Gasteiger partial charge < -0.3 is 14.6 Å². The lowest BCUT2D eigenvalue weighted by Gasteiger charge is -2.22. The first-order valence-electron chi connectivity index (χ1n) is 7.65. The van der Waals surface area contributed by atoms with Gasteiger partial charge in [0, 0.05) is 30.7 Å². The second kappa shape index (κ2) is 6.74. The molecule has 1 aliphatic rings. The van der Waals surface area contributed by atoms with Crippen molar-refractivity contribution in [2.75, 3.05) is 33.2 Å². The van der Waals surface area contributed by atoms with E-state index in [4.69, 9.17) is 4.42 Å². The van der Waals surface area contributed by atoms with Crippen LogP contribution in [0.1, 0.15) is 38.5 Å². The fourth-order valence-corrected chi connectivity index (χ4v) is 2.51. The highest BCUT2D eigenvalue weighted by molar-refractivity contribution is 5.17. The Kier molecular flexibility index (Phi) is 5.24. The zero-order chi connectivity index (χ0) is 14.6. The third kappa shape index (κ3) is 4.93. The fraction of sp³-hybridized carbons (Fsp3) is 0.750. The first-order chi connectivity index (χ1) is 9.44. The van der Waals surface area contributed by atoms with Gasteiger partial charge in [0.25, 0.3) is 0 Å². The van der Waals surface area contributed by atoms with E-state index in [0.29, 0.717) is 0 Å². The summed E-state index contributed by atoms with van der Waals surface area (Å²) in [5, 5.41) is 3.50. The summed E-state index contributed by atoms with van der Waals surface area (Å²) in [6.45, 7) is 13.1. The van der Waals surface area contributed by atoms with Crippen molar-refractivity contribution in [3.05, 3.63) is 23.7 Å². The molecule has 1 aliphatic heterocycles. The summed E-state index contributed by atoms with van der Waals surface area (Å²) < 4.78 is 5.65. The molecular weight excluding hydrogens is 250 g/mol. The zero-order valence-corrected chi connectivity index (χ0v) is 13.4. The van der Waals surface area contributed by atoms with Crippen molar-refractivity contribution >= 4 is 0 Å². The van der Waals surface area contributed by atoms with Crippen LogP contribution in [0.2, 0.25) is 0 Å². The van der Waals surface area contributed by atoms with Crippen LogP contribution in [0, 0.1) is 0 Å². The van der Waals surface area contributed by atoms with Crippen LogP contribution in [0.4, 0.5) is 0 Å². The van der Waals surface area contributed by atoms with E-state index in [2.05, 4.69) is 49.0 Å². The summed E-state index contributed by atoms with van der Waals surface area (Å²) >= 11 is 0. The van der Waals surface area contributed by atoms with Gasteiger partial charge in [-0.15, -0.1) is 0 Å². The van der Waals surface area contributed by atoms with Crippen LogP contribution < -0.4 is 5.32 Å². The van der Waals surface area contributed by atoms with Crippen LogP contribution in [0.3, 0.4) is 0 Å². The van der Waals surface area contributed by atoms with E-state index in [1.807, 2.05) is 6.26 Å². The van der Waals surface area contributed by atoms with Crippen molar-refractivity contribution in [2.24, 2.45) is 0 Å². The van der Waals surface area contributed by atoms with Gasteiger partial charge in [-0.3, -0.25) is 4.90 Å². The zero-order valence-electron chi connectivity index (χ0n) is 13.4. The van der Waals surface area contributed by atoms with Gasteiger partial charge in [-0.1, -0.05) is 0 Å². The predicted molar refractivity (Wildman–Crippen MR) is 82.7 cm³/mol. The van der Waals surface area contributed by atoms with E-state index < -0.39 is 0 Å². The Balaban J connectivity index is 1.91. The Morgan fingerprint density at radius 1 is 1.20 bits per heavy atom. The first-order valence-corrected chi connectivity index (χ1v) is 7.65. The van der Waals surface area contributed by atoms with Crippen molar-refractivity contribution in [2.45, 2.75) is 45.8 Å². The summed E-state index contributed by atoms with van der Waals surface area (Å²) in [5.74, 6) is 1.08. The third-order valence-corrected chi connectivity index (χ3v) is 3.82. The topological polar surface area (TPSA) is 31.6 Å². The van der Waals surface area contributed by atoms with Crippen molar-refractivity contribution in [3.63, 3.8) is 0 Å². The van der Waals surface area contributed by atoms with Crippen LogP contribution in [-0.2, 0) is 13.1 Å². The molecule has 1 fully saturated rings. The van der Waals surface area contributed by atoms with Crippen molar-refractivity contribution in [3.8, 4) is 0 Å². The predicted octanol–water partition coefficient (Wildman–Crippen LogP) is 2.31. The van der Waals surface area contributed by atoms with Crippen LogP contribution >= 0.6 is 0 Å². The minimum Gasteiger partial charge on any atom is -0.468 e. The maximum Gasteiger partial charge on any atom is 0.122 e. The number of hydrogen-bond acceptors (Lipinski definition) is 4. The first kappa shape index (κ1) is 15.5. The molecule has 0 saturated carbocycles. The normalized spacial score (nSPS) is 19.2. The molecule has 2 heterocycles. The highest BCUT2D eigenvalue weighted by Gasteiger charge is 2.16. The lowest BCUT2D eigenvalue weighted by molar-refractivity contribution is 0.266. The summed E-state index contributed by atoms with van der Waals surface area (Å²) in [5.41, 5.74) is 1.45. The van der Waals surface area contributed by atoms with E-state index in [1.54, 1.807) is 0 Å². The Morgan fingerprint density at radius 3 is 2.75 bits per heavy atom. The van der Waals surface area contributed by atoms with Gasteiger partial charge in [-0.25, -0.2) is 0 Å².